The Morgan fingerprint density at radius 3 is 1.29 bits per heavy atom. The minimum absolute atomic E-state index is 0.110. The van der Waals surface area contributed by atoms with Gasteiger partial charge in [-0.3, -0.25) is 4.79 Å². The number of hydrogen-bond donors (Lipinski definition) is 4. The van der Waals surface area contributed by atoms with Crippen LogP contribution in [0.1, 0.15) is 284 Å². The molecule has 6 unspecified atom stereocenters. The zero-order valence-electron chi connectivity index (χ0n) is 44.6. The first kappa shape index (κ1) is 64.7. The highest BCUT2D eigenvalue weighted by Gasteiger charge is 2.44. The molecule has 0 aromatic carbocycles. The summed E-state index contributed by atoms with van der Waals surface area (Å²) in [6.45, 7) is 4.59. The lowest BCUT2D eigenvalue weighted by molar-refractivity contribution is -0.305. The van der Waals surface area contributed by atoms with Crippen molar-refractivity contribution in [2.45, 2.75) is 320 Å². The maximum atomic E-state index is 12.9. The Hall–Kier alpha value is -1.33. The number of carbonyl (C=O) groups excluding carboxylic acids is 1. The Labute approximate surface area is 419 Å². The third kappa shape index (κ3) is 40.3. The summed E-state index contributed by atoms with van der Waals surface area (Å²) in [6, 6.07) is 0. The molecule has 1 aliphatic rings. The van der Waals surface area contributed by atoms with Gasteiger partial charge in [-0.1, -0.05) is 256 Å². The summed E-state index contributed by atoms with van der Waals surface area (Å²) < 4.78 is 23.0. The first-order valence-electron chi connectivity index (χ1n) is 29.4. The van der Waals surface area contributed by atoms with Gasteiger partial charge < -0.3 is 39.4 Å². The standard InChI is InChI=1S/C59H112O9/c1-3-5-7-9-11-13-15-17-19-21-23-25-26-27-28-29-30-32-34-36-38-40-42-44-46-48-55(61)67-53(52-66-59-58(64)57(63)56(62)54(50-60)68-59)51-65-49-47-45-43-41-39-37-35-33-31-24-22-20-18-16-14-12-10-8-6-4-2/h12,14,18,20,53-54,56-60,62-64H,3-11,13,15-17,19,21-52H2,1-2H3/b14-12-,20-18-. The number of esters is 1. The van der Waals surface area contributed by atoms with E-state index in [4.69, 9.17) is 18.9 Å². The number of allylic oxidation sites excluding steroid dienone is 4. The highest BCUT2D eigenvalue weighted by Crippen LogP contribution is 2.23. The summed E-state index contributed by atoms with van der Waals surface area (Å²) in [7, 11) is 0. The van der Waals surface area contributed by atoms with Crippen molar-refractivity contribution in [2.24, 2.45) is 0 Å². The molecule has 68 heavy (non-hydrogen) atoms. The molecule has 0 amide bonds. The number of carbonyl (C=O) groups is 1. The average molecular weight is 966 g/mol. The molecule has 0 radical (unpaired) electrons. The molecule has 0 aromatic heterocycles. The molecule has 1 saturated heterocycles. The van der Waals surface area contributed by atoms with Gasteiger partial charge in [-0.25, -0.2) is 0 Å². The molecule has 1 fully saturated rings. The quantitative estimate of drug-likeness (QED) is 0.0267. The molecule has 9 nitrogen and oxygen atoms in total. The fourth-order valence-electron chi connectivity index (χ4n) is 9.29. The molecule has 1 aliphatic heterocycles. The number of ether oxygens (including phenoxy) is 4. The highest BCUT2D eigenvalue weighted by molar-refractivity contribution is 5.69. The van der Waals surface area contributed by atoms with Gasteiger partial charge in [0, 0.05) is 13.0 Å². The molecule has 9 heteroatoms. The second-order valence-electron chi connectivity index (χ2n) is 20.5. The summed E-state index contributed by atoms with van der Waals surface area (Å²) in [5.74, 6) is -0.307. The lowest BCUT2D eigenvalue weighted by atomic mass is 9.99. The summed E-state index contributed by atoms with van der Waals surface area (Å²) in [5.41, 5.74) is 0. The van der Waals surface area contributed by atoms with Crippen LogP contribution in [0.3, 0.4) is 0 Å². The minimum Gasteiger partial charge on any atom is -0.457 e. The van der Waals surface area contributed by atoms with E-state index in [0.717, 1.165) is 38.5 Å². The largest absolute Gasteiger partial charge is 0.457 e. The van der Waals surface area contributed by atoms with Crippen molar-refractivity contribution in [1.82, 2.24) is 0 Å². The summed E-state index contributed by atoms with van der Waals surface area (Å²) >= 11 is 0. The van der Waals surface area contributed by atoms with Crippen LogP contribution < -0.4 is 0 Å². The van der Waals surface area contributed by atoms with E-state index in [2.05, 4.69) is 38.2 Å². The van der Waals surface area contributed by atoms with E-state index >= 15 is 0 Å². The van der Waals surface area contributed by atoms with Gasteiger partial charge in [-0.05, 0) is 44.9 Å². The van der Waals surface area contributed by atoms with Crippen LogP contribution in [0.4, 0.5) is 0 Å². The van der Waals surface area contributed by atoms with Crippen LogP contribution in [-0.4, -0.2) is 89.6 Å². The van der Waals surface area contributed by atoms with Crippen molar-refractivity contribution < 1.29 is 44.2 Å². The van der Waals surface area contributed by atoms with Crippen molar-refractivity contribution in [3.8, 4) is 0 Å². The Bertz CT molecular complexity index is 1100. The molecule has 4 N–H and O–H groups in total. The van der Waals surface area contributed by atoms with Crippen molar-refractivity contribution in [1.29, 1.82) is 0 Å². The third-order valence-electron chi connectivity index (χ3n) is 13.9. The topological polar surface area (TPSA) is 135 Å². The molecule has 6 atom stereocenters. The van der Waals surface area contributed by atoms with Gasteiger partial charge in [0.05, 0.1) is 19.8 Å². The van der Waals surface area contributed by atoms with Gasteiger partial charge in [0.2, 0.25) is 0 Å². The lowest BCUT2D eigenvalue weighted by Gasteiger charge is -2.39. The predicted octanol–water partition coefficient (Wildman–Crippen LogP) is 15.3. The number of hydrogen-bond acceptors (Lipinski definition) is 9. The Morgan fingerprint density at radius 1 is 0.471 bits per heavy atom. The fourth-order valence-corrected chi connectivity index (χ4v) is 9.29. The maximum absolute atomic E-state index is 12.9. The molecular formula is C59H112O9. The number of unbranched alkanes of at least 4 members (excludes halogenated alkanes) is 37. The van der Waals surface area contributed by atoms with E-state index in [9.17, 15) is 25.2 Å². The molecule has 0 saturated carbocycles. The number of rotatable bonds is 52. The molecule has 0 aromatic rings. The molecule has 402 valence electrons. The van der Waals surface area contributed by atoms with Crippen LogP contribution in [0.5, 0.6) is 0 Å². The molecule has 1 heterocycles. The maximum Gasteiger partial charge on any atom is 0.306 e. The fraction of sp³-hybridized carbons (Fsp3) is 0.915. The van der Waals surface area contributed by atoms with E-state index < -0.39 is 43.4 Å². The molecule has 0 spiro atoms. The zero-order valence-corrected chi connectivity index (χ0v) is 44.6. The van der Waals surface area contributed by atoms with Crippen LogP contribution >= 0.6 is 0 Å². The second kappa shape index (κ2) is 50.6. The predicted molar refractivity (Wildman–Crippen MR) is 284 cm³/mol. The summed E-state index contributed by atoms with van der Waals surface area (Å²) in [5, 5.41) is 40.4. The minimum atomic E-state index is -1.54. The van der Waals surface area contributed by atoms with E-state index in [1.165, 1.54) is 225 Å². The zero-order chi connectivity index (χ0) is 49.2. The van der Waals surface area contributed by atoms with Crippen molar-refractivity contribution in [2.75, 3.05) is 26.4 Å². The van der Waals surface area contributed by atoms with Crippen LogP contribution in [0.25, 0.3) is 0 Å². The Balaban J connectivity index is 2.13. The molecule has 0 aliphatic carbocycles. The van der Waals surface area contributed by atoms with Gasteiger partial charge in [0.1, 0.15) is 30.5 Å². The van der Waals surface area contributed by atoms with E-state index in [0.29, 0.717) is 13.0 Å². The van der Waals surface area contributed by atoms with E-state index in [1.807, 2.05) is 0 Å². The van der Waals surface area contributed by atoms with Crippen LogP contribution in [0.2, 0.25) is 0 Å². The SMILES string of the molecule is CCCCC/C=C\C/C=C\CCCCCCCCCCCCOCC(COC1OC(CO)C(O)C(O)C1O)OC(=O)CCCCCCCCCCCCCCCCCCCCCCCCCCC. The van der Waals surface area contributed by atoms with E-state index in [-0.39, 0.29) is 19.2 Å². The smallest absolute Gasteiger partial charge is 0.306 e. The second-order valence-corrected chi connectivity index (χ2v) is 20.5. The van der Waals surface area contributed by atoms with Crippen molar-refractivity contribution >= 4 is 5.97 Å². The normalized spacial score (nSPS) is 19.2. The van der Waals surface area contributed by atoms with Gasteiger partial charge >= 0.3 is 5.97 Å². The van der Waals surface area contributed by atoms with Crippen LogP contribution in [-0.2, 0) is 23.7 Å². The van der Waals surface area contributed by atoms with Crippen molar-refractivity contribution in [3.63, 3.8) is 0 Å². The molecule has 0 bridgehead atoms. The van der Waals surface area contributed by atoms with Gasteiger partial charge in [0.15, 0.2) is 6.29 Å². The third-order valence-corrected chi connectivity index (χ3v) is 13.9. The van der Waals surface area contributed by atoms with Gasteiger partial charge in [0.25, 0.3) is 0 Å². The van der Waals surface area contributed by atoms with Gasteiger partial charge in [-0.2, -0.15) is 0 Å². The number of aliphatic hydroxyl groups is 4. The summed E-state index contributed by atoms with van der Waals surface area (Å²) in [6.07, 6.45) is 55.2. The average Bonchev–Trinajstić information content (AvgIpc) is 3.34. The monoisotopic (exact) mass is 965 g/mol. The van der Waals surface area contributed by atoms with Crippen LogP contribution in [0.15, 0.2) is 24.3 Å². The first-order chi connectivity index (χ1) is 33.4. The van der Waals surface area contributed by atoms with Gasteiger partial charge in [-0.15, -0.1) is 0 Å². The Morgan fingerprint density at radius 2 is 0.853 bits per heavy atom. The highest BCUT2D eigenvalue weighted by atomic mass is 16.7. The first-order valence-corrected chi connectivity index (χ1v) is 29.4. The lowest BCUT2D eigenvalue weighted by Crippen LogP contribution is -2.59. The van der Waals surface area contributed by atoms with Crippen molar-refractivity contribution in [3.05, 3.63) is 24.3 Å². The number of aliphatic hydroxyl groups excluding tert-OH is 4. The Kier molecular flexibility index (Phi) is 48.1. The van der Waals surface area contributed by atoms with Crippen LogP contribution in [0, 0.1) is 0 Å². The van der Waals surface area contributed by atoms with E-state index in [1.54, 1.807) is 0 Å². The molecular weight excluding hydrogens is 853 g/mol. The molecule has 1 rings (SSSR count). The summed E-state index contributed by atoms with van der Waals surface area (Å²) in [4.78, 5) is 12.9.